The number of morpholine rings is 1. The minimum Gasteiger partial charge on any atom is -0.375 e. The molecule has 0 bridgehead atoms. The Balaban J connectivity index is 1.17. The van der Waals surface area contributed by atoms with Gasteiger partial charge in [0.2, 0.25) is 5.91 Å². The van der Waals surface area contributed by atoms with E-state index in [4.69, 9.17) is 15.5 Å². The van der Waals surface area contributed by atoms with Crippen LogP contribution in [0.5, 0.6) is 0 Å². The van der Waals surface area contributed by atoms with Gasteiger partial charge in [-0.05, 0) is 85.3 Å². The first-order valence-electron chi connectivity index (χ1n) is 15.2. The Morgan fingerprint density at radius 1 is 1.00 bits per heavy atom. The molecule has 1 amide bonds. The number of amides is 1. The maximum absolute atomic E-state index is 15.3. The number of nitrogens with zero attached hydrogens (tertiary/aromatic N) is 2. The number of nitrogens with two attached hydrogens (primary N) is 1. The summed E-state index contributed by atoms with van der Waals surface area (Å²) in [5, 5.41) is 6.61. The number of aromatic nitrogens is 3. The van der Waals surface area contributed by atoms with Crippen LogP contribution in [-0.4, -0.2) is 46.2 Å². The number of carbonyl (C=O) groups excluding carboxylic acids is 1. The number of imidazole rings is 1. The normalized spacial score (nSPS) is 17.3. The van der Waals surface area contributed by atoms with E-state index in [1.54, 1.807) is 24.3 Å². The summed E-state index contributed by atoms with van der Waals surface area (Å²) in [7, 11) is 0. The molecular formula is C35H35F3N6O2. The Labute approximate surface area is 264 Å². The van der Waals surface area contributed by atoms with Gasteiger partial charge < -0.3 is 26.1 Å². The standard InChI is InChI=1S/C35H35F3N6O2/c1-19-13-28-29(14-20(19)2)44-35(43-28)31-18-46-25(15-41-31)11-12-26-27(38)16-40-17-30(26)42-33(34(39)45)32(21-3-7-23(36)8-4-21)22-5-9-24(37)10-6-22/h3-10,13-14,16-17,25,31-33,41-42H,11-12,15,18H2,1-2H3,(H2,39,45)(H,43,44)/t25-,31+,33+/m1/s1. The number of anilines is 1. The third-order valence-electron chi connectivity index (χ3n) is 8.67. The maximum Gasteiger partial charge on any atom is 0.240 e. The quantitative estimate of drug-likeness (QED) is 0.156. The Bertz CT molecular complexity index is 1750. The van der Waals surface area contributed by atoms with Crippen LogP contribution in [-0.2, 0) is 16.0 Å². The highest BCUT2D eigenvalue weighted by molar-refractivity contribution is 5.85. The predicted octanol–water partition coefficient (Wildman–Crippen LogP) is 5.75. The Hall–Kier alpha value is -4.74. The van der Waals surface area contributed by atoms with Crippen molar-refractivity contribution >= 4 is 22.6 Å². The number of H-pyrrole nitrogens is 1. The molecule has 0 spiro atoms. The lowest BCUT2D eigenvalue weighted by molar-refractivity contribution is -0.119. The number of aromatic amines is 1. The first kappa shape index (κ1) is 31.3. The molecule has 0 unspecified atom stereocenters. The van der Waals surface area contributed by atoms with Crippen LogP contribution in [0.2, 0.25) is 0 Å². The van der Waals surface area contributed by atoms with E-state index in [1.807, 2.05) is 0 Å². The van der Waals surface area contributed by atoms with Crippen LogP contribution in [0.3, 0.4) is 0 Å². The van der Waals surface area contributed by atoms with E-state index in [2.05, 4.69) is 46.6 Å². The molecule has 2 aromatic heterocycles. The largest absolute Gasteiger partial charge is 0.375 e. The van der Waals surface area contributed by atoms with Crippen molar-refractivity contribution in [2.75, 3.05) is 18.5 Å². The second kappa shape index (κ2) is 13.3. The molecule has 11 heteroatoms. The van der Waals surface area contributed by atoms with Crippen LogP contribution in [0.25, 0.3) is 11.0 Å². The lowest BCUT2D eigenvalue weighted by Crippen LogP contribution is -2.42. The molecule has 0 radical (unpaired) electrons. The fraction of sp³-hybridized carbons (Fsp3) is 0.286. The zero-order valence-corrected chi connectivity index (χ0v) is 25.5. The first-order valence-corrected chi connectivity index (χ1v) is 15.2. The summed E-state index contributed by atoms with van der Waals surface area (Å²) in [6.07, 6.45) is 3.16. The number of pyridine rings is 1. The molecule has 3 aromatic carbocycles. The van der Waals surface area contributed by atoms with Crippen molar-refractivity contribution in [1.82, 2.24) is 20.3 Å². The lowest BCUT2D eigenvalue weighted by atomic mass is 9.84. The van der Waals surface area contributed by atoms with Gasteiger partial charge in [-0.25, -0.2) is 18.2 Å². The van der Waals surface area contributed by atoms with Crippen LogP contribution in [0.1, 0.15) is 52.0 Å². The van der Waals surface area contributed by atoms with Gasteiger partial charge in [0.05, 0.1) is 47.9 Å². The van der Waals surface area contributed by atoms with Crippen molar-refractivity contribution < 1.29 is 22.7 Å². The van der Waals surface area contributed by atoms with Gasteiger partial charge in [-0.2, -0.15) is 0 Å². The monoisotopic (exact) mass is 628 g/mol. The van der Waals surface area contributed by atoms with E-state index >= 15 is 4.39 Å². The molecule has 238 valence electrons. The Morgan fingerprint density at radius 2 is 1.65 bits per heavy atom. The van der Waals surface area contributed by atoms with Crippen molar-refractivity contribution in [3.8, 4) is 0 Å². The molecule has 5 N–H and O–H groups in total. The molecule has 6 rings (SSSR count). The lowest BCUT2D eigenvalue weighted by Gasteiger charge is -2.30. The van der Waals surface area contributed by atoms with Crippen LogP contribution in [0.4, 0.5) is 18.9 Å². The van der Waals surface area contributed by atoms with E-state index < -0.39 is 35.3 Å². The van der Waals surface area contributed by atoms with Crippen LogP contribution in [0.15, 0.2) is 73.1 Å². The van der Waals surface area contributed by atoms with Crippen molar-refractivity contribution in [2.24, 2.45) is 5.73 Å². The molecule has 46 heavy (non-hydrogen) atoms. The molecule has 3 heterocycles. The Morgan fingerprint density at radius 3 is 2.26 bits per heavy atom. The summed E-state index contributed by atoms with van der Waals surface area (Å²) in [6, 6.07) is 14.2. The van der Waals surface area contributed by atoms with Gasteiger partial charge in [-0.15, -0.1) is 0 Å². The highest BCUT2D eigenvalue weighted by Crippen LogP contribution is 2.32. The summed E-state index contributed by atoms with van der Waals surface area (Å²) in [4.78, 5) is 25.1. The molecule has 1 saturated heterocycles. The first-order chi connectivity index (χ1) is 22.2. The third-order valence-corrected chi connectivity index (χ3v) is 8.67. The molecule has 0 saturated carbocycles. The van der Waals surface area contributed by atoms with Gasteiger partial charge in [0.25, 0.3) is 0 Å². The van der Waals surface area contributed by atoms with Gasteiger partial charge in [0.1, 0.15) is 29.3 Å². The minimum absolute atomic E-state index is 0.106. The number of benzene rings is 3. The number of halogens is 3. The third kappa shape index (κ3) is 6.75. The number of fused-ring (bicyclic) bond motifs is 1. The van der Waals surface area contributed by atoms with Crippen molar-refractivity contribution in [1.29, 1.82) is 0 Å². The molecule has 8 nitrogen and oxygen atoms in total. The summed E-state index contributed by atoms with van der Waals surface area (Å²) >= 11 is 0. The van der Waals surface area contributed by atoms with E-state index in [0.29, 0.717) is 48.4 Å². The molecule has 5 aromatic rings. The molecular weight excluding hydrogens is 593 g/mol. The topological polar surface area (TPSA) is 118 Å². The van der Waals surface area contributed by atoms with Gasteiger partial charge >= 0.3 is 0 Å². The number of nitrogens with one attached hydrogen (secondary N) is 3. The summed E-state index contributed by atoms with van der Waals surface area (Å²) in [5.74, 6) is -2.09. The number of hydrogen-bond donors (Lipinski definition) is 4. The zero-order chi connectivity index (χ0) is 32.4. The highest BCUT2D eigenvalue weighted by Gasteiger charge is 2.31. The van der Waals surface area contributed by atoms with Crippen molar-refractivity contribution in [2.45, 2.75) is 50.8 Å². The predicted molar refractivity (Wildman–Crippen MR) is 170 cm³/mol. The summed E-state index contributed by atoms with van der Waals surface area (Å²) in [6.45, 7) is 5.06. The van der Waals surface area contributed by atoms with Crippen LogP contribution < -0.4 is 16.4 Å². The molecule has 1 fully saturated rings. The van der Waals surface area contributed by atoms with Crippen LogP contribution >= 0.6 is 0 Å². The van der Waals surface area contributed by atoms with E-state index in [0.717, 1.165) is 23.1 Å². The van der Waals surface area contributed by atoms with Gasteiger partial charge in [0, 0.05) is 18.0 Å². The second-order valence-corrected chi connectivity index (χ2v) is 11.8. The van der Waals surface area contributed by atoms with Gasteiger partial charge in [-0.3, -0.25) is 9.78 Å². The van der Waals surface area contributed by atoms with E-state index in [9.17, 15) is 13.6 Å². The molecule has 3 atom stereocenters. The number of hydrogen-bond acceptors (Lipinski definition) is 6. The Kier molecular flexibility index (Phi) is 9.05. The van der Waals surface area contributed by atoms with E-state index in [-0.39, 0.29) is 12.1 Å². The SMILES string of the molecule is Cc1cc2nc([C@@H]3CO[C@H](CCc4c(F)cncc4N[C@H](C(N)=O)C(c4ccc(F)cc4)c4ccc(F)cc4)CN3)[nH]c2cc1C. The number of ether oxygens (including phenoxy) is 1. The number of carbonyl (C=O) groups is 1. The van der Waals surface area contributed by atoms with E-state index in [1.165, 1.54) is 41.6 Å². The van der Waals surface area contributed by atoms with Crippen LogP contribution in [0, 0.1) is 31.3 Å². The van der Waals surface area contributed by atoms with Crippen molar-refractivity contribution in [3.63, 3.8) is 0 Å². The minimum atomic E-state index is -1.09. The second-order valence-electron chi connectivity index (χ2n) is 11.8. The smallest absolute Gasteiger partial charge is 0.240 e. The summed E-state index contributed by atoms with van der Waals surface area (Å²) in [5.41, 5.74) is 11.9. The highest BCUT2D eigenvalue weighted by atomic mass is 19.1. The average Bonchev–Trinajstić information content (AvgIpc) is 3.45. The van der Waals surface area contributed by atoms with Gasteiger partial charge in [0.15, 0.2) is 0 Å². The average molecular weight is 629 g/mol. The fourth-order valence-corrected chi connectivity index (χ4v) is 5.99. The molecule has 1 aliphatic rings. The fourth-order valence-electron chi connectivity index (χ4n) is 5.99. The summed E-state index contributed by atoms with van der Waals surface area (Å²) < 4.78 is 49.0. The van der Waals surface area contributed by atoms with Gasteiger partial charge in [-0.1, -0.05) is 24.3 Å². The van der Waals surface area contributed by atoms with Crippen molar-refractivity contribution in [3.05, 3.63) is 124 Å². The number of aryl methyl sites for hydroxylation is 2. The number of primary amides is 1. The maximum atomic E-state index is 15.3. The number of rotatable bonds is 10. The molecule has 0 aliphatic carbocycles. The zero-order valence-electron chi connectivity index (χ0n) is 25.5. The molecule has 1 aliphatic heterocycles.